The van der Waals surface area contributed by atoms with E-state index in [1.807, 2.05) is 0 Å². The topological polar surface area (TPSA) is 71.1 Å². The predicted molar refractivity (Wildman–Crippen MR) is 54.6 cm³/mol. The van der Waals surface area contributed by atoms with E-state index in [1.54, 1.807) is 0 Å². The lowest BCUT2D eigenvalue weighted by molar-refractivity contribution is -0.244. The van der Waals surface area contributed by atoms with Gasteiger partial charge in [0, 0.05) is 26.4 Å². The molecule has 0 amide bonds. The van der Waals surface area contributed by atoms with Crippen LogP contribution in [0, 0.1) is 0 Å². The van der Waals surface area contributed by atoms with Crippen LogP contribution in [0.1, 0.15) is 6.42 Å². The first kappa shape index (κ1) is 11.8. The van der Waals surface area contributed by atoms with Gasteiger partial charge in [0.25, 0.3) is 0 Å². The van der Waals surface area contributed by atoms with Crippen LogP contribution >= 0.6 is 0 Å². The first-order chi connectivity index (χ1) is 8.03. The van der Waals surface area contributed by atoms with E-state index in [0.717, 1.165) is 0 Å². The van der Waals surface area contributed by atoms with Crippen molar-refractivity contribution >= 4 is 11.9 Å². The second-order valence-electron chi connectivity index (χ2n) is 3.72. The monoisotopic (exact) mass is 240 g/mol. The molecule has 17 heavy (non-hydrogen) atoms. The molecule has 0 aromatic carbocycles. The molecule has 0 aromatic heterocycles. The standard InChI is InChI=1S/C11H12O6/c1-14-10(5-3-8(12)16-10)7-11(15-2)6-4-9(13)17-11/h3-6H,7H2,1-2H3. The van der Waals surface area contributed by atoms with Gasteiger partial charge in [-0.05, 0) is 12.2 Å². The molecule has 0 N–H and O–H groups in total. The molecule has 6 heteroatoms. The largest absolute Gasteiger partial charge is 0.426 e. The third-order valence-electron chi connectivity index (χ3n) is 2.68. The highest BCUT2D eigenvalue weighted by Crippen LogP contribution is 2.36. The Labute approximate surface area is 97.8 Å². The van der Waals surface area contributed by atoms with Gasteiger partial charge < -0.3 is 18.9 Å². The first-order valence-corrected chi connectivity index (χ1v) is 4.98. The summed E-state index contributed by atoms with van der Waals surface area (Å²) in [5.41, 5.74) is 0. The van der Waals surface area contributed by atoms with E-state index in [-0.39, 0.29) is 6.42 Å². The minimum absolute atomic E-state index is 0.0392. The summed E-state index contributed by atoms with van der Waals surface area (Å²) in [7, 11) is 2.79. The van der Waals surface area contributed by atoms with Crippen LogP contribution in [0.3, 0.4) is 0 Å². The van der Waals surface area contributed by atoms with Gasteiger partial charge in [0.1, 0.15) is 0 Å². The second kappa shape index (κ2) is 3.97. The third-order valence-corrected chi connectivity index (χ3v) is 2.68. The van der Waals surface area contributed by atoms with E-state index in [1.165, 1.54) is 38.5 Å². The maximum atomic E-state index is 11.1. The summed E-state index contributed by atoms with van der Waals surface area (Å²) in [4.78, 5) is 22.2. The average Bonchev–Trinajstić information content (AvgIpc) is 2.85. The molecule has 2 aliphatic rings. The minimum Gasteiger partial charge on any atom is -0.426 e. The fourth-order valence-electron chi connectivity index (χ4n) is 1.76. The Kier molecular flexibility index (Phi) is 2.76. The Morgan fingerprint density at radius 2 is 1.41 bits per heavy atom. The first-order valence-electron chi connectivity index (χ1n) is 4.98. The number of carbonyl (C=O) groups excluding carboxylic acids is 2. The molecule has 0 aliphatic carbocycles. The van der Waals surface area contributed by atoms with E-state index in [9.17, 15) is 9.59 Å². The van der Waals surface area contributed by atoms with E-state index < -0.39 is 23.5 Å². The van der Waals surface area contributed by atoms with E-state index in [4.69, 9.17) is 18.9 Å². The minimum atomic E-state index is -1.26. The molecule has 0 spiro atoms. The molecule has 2 unspecified atom stereocenters. The average molecular weight is 240 g/mol. The number of cyclic esters (lactones) is 2. The van der Waals surface area contributed by atoms with Crippen LogP contribution in [0.2, 0.25) is 0 Å². The normalized spacial score (nSPS) is 35.2. The van der Waals surface area contributed by atoms with Gasteiger partial charge in [-0.2, -0.15) is 0 Å². The lowest BCUT2D eigenvalue weighted by atomic mass is 10.1. The van der Waals surface area contributed by atoms with E-state index >= 15 is 0 Å². The maximum Gasteiger partial charge on any atom is 0.333 e. The van der Waals surface area contributed by atoms with Gasteiger partial charge in [0.2, 0.25) is 11.6 Å². The number of hydrogen-bond acceptors (Lipinski definition) is 6. The highest BCUT2D eigenvalue weighted by molar-refractivity contribution is 5.86. The molecule has 2 heterocycles. The van der Waals surface area contributed by atoms with Crippen molar-refractivity contribution in [1.29, 1.82) is 0 Å². The van der Waals surface area contributed by atoms with Crippen LogP contribution in [-0.4, -0.2) is 37.7 Å². The van der Waals surface area contributed by atoms with Crippen LogP contribution < -0.4 is 0 Å². The van der Waals surface area contributed by atoms with Crippen molar-refractivity contribution in [3.8, 4) is 0 Å². The van der Waals surface area contributed by atoms with Gasteiger partial charge in [-0.15, -0.1) is 0 Å². The second-order valence-corrected chi connectivity index (χ2v) is 3.72. The van der Waals surface area contributed by atoms with Crippen molar-refractivity contribution in [3.63, 3.8) is 0 Å². The molecule has 0 saturated carbocycles. The van der Waals surface area contributed by atoms with Crippen LogP contribution in [-0.2, 0) is 28.5 Å². The fraction of sp³-hybridized carbons (Fsp3) is 0.455. The summed E-state index contributed by atoms with van der Waals surface area (Å²) in [6, 6.07) is 0. The zero-order valence-electron chi connectivity index (χ0n) is 9.47. The molecule has 92 valence electrons. The van der Waals surface area contributed by atoms with E-state index in [2.05, 4.69) is 0 Å². The molecule has 6 nitrogen and oxygen atoms in total. The summed E-state index contributed by atoms with van der Waals surface area (Å²) < 4.78 is 20.4. The summed E-state index contributed by atoms with van der Waals surface area (Å²) in [6.07, 6.45) is 5.49. The number of carbonyl (C=O) groups is 2. The number of methoxy groups -OCH3 is 2. The summed E-state index contributed by atoms with van der Waals surface area (Å²) in [5, 5.41) is 0. The lowest BCUT2D eigenvalue weighted by Crippen LogP contribution is -2.43. The van der Waals surface area contributed by atoms with Crippen LogP contribution in [0.25, 0.3) is 0 Å². The number of rotatable bonds is 4. The van der Waals surface area contributed by atoms with Crippen molar-refractivity contribution in [3.05, 3.63) is 24.3 Å². The fourth-order valence-corrected chi connectivity index (χ4v) is 1.76. The SMILES string of the molecule is COC1(CC2(OC)C=CC(=O)O2)C=CC(=O)O1. The van der Waals surface area contributed by atoms with Crippen molar-refractivity contribution in [2.75, 3.05) is 14.2 Å². The Bertz CT molecular complexity index is 374. The Morgan fingerprint density at radius 1 is 1.00 bits per heavy atom. The van der Waals surface area contributed by atoms with Crippen LogP contribution in [0.15, 0.2) is 24.3 Å². The molecule has 0 saturated heterocycles. The zero-order valence-corrected chi connectivity index (χ0v) is 9.47. The number of esters is 2. The van der Waals surface area contributed by atoms with Crippen molar-refractivity contribution in [1.82, 2.24) is 0 Å². The van der Waals surface area contributed by atoms with Crippen LogP contribution in [0.4, 0.5) is 0 Å². The molecule has 2 aliphatic heterocycles. The summed E-state index contributed by atoms with van der Waals surface area (Å²) in [5.74, 6) is -3.54. The summed E-state index contributed by atoms with van der Waals surface area (Å²) >= 11 is 0. The van der Waals surface area contributed by atoms with Gasteiger partial charge in [-0.25, -0.2) is 9.59 Å². The van der Waals surface area contributed by atoms with Gasteiger partial charge in [0.15, 0.2) is 0 Å². The Morgan fingerprint density at radius 3 is 1.65 bits per heavy atom. The lowest BCUT2D eigenvalue weighted by Gasteiger charge is -2.33. The van der Waals surface area contributed by atoms with Crippen molar-refractivity contribution in [2.24, 2.45) is 0 Å². The smallest absolute Gasteiger partial charge is 0.333 e. The molecule has 2 rings (SSSR count). The maximum absolute atomic E-state index is 11.1. The van der Waals surface area contributed by atoms with Gasteiger partial charge in [-0.1, -0.05) is 0 Å². The highest BCUT2D eigenvalue weighted by atomic mass is 16.7. The van der Waals surface area contributed by atoms with Crippen LogP contribution in [0.5, 0.6) is 0 Å². The molecule has 0 fully saturated rings. The highest BCUT2D eigenvalue weighted by Gasteiger charge is 2.48. The number of hydrogen-bond donors (Lipinski definition) is 0. The third kappa shape index (κ3) is 2.09. The Balaban J connectivity index is 2.19. The number of ether oxygens (including phenoxy) is 4. The van der Waals surface area contributed by atoms with Crippen molar-refractivity contribution < 1.29 is 28.5 Å². The van der Waals surface area contributed by atoms with Gasteiger partial charge >= 0.3 is 11.9 Å². The van der Waals surface area contributed by atoms with Gasteiger partial charge in [0.05, 0.1) is 6.42 Å². The van der Waals surface area contributed by atoms with Gasteiger partial charge in [-0.3, -0.25) is 0 Å². The molecular formula is C11H12O6. The Hall–Kier alpha value is -1.66. The van der Waals surface area contributed by atoms with E-state index in [0.29, 0.717) is 0 Å². The molecule has 0 radical (unpaired) electrons. The molecule has 0 bridgehead atoms. The molecule has 2 atom stereocenters. The molecular weight excluding hydrogens is 228 g/mol. The summed E-state index contributed by atoms with van der Waals surface area (Å²) in [6.45, 7) is 0. The molecule has 0 aromatic rings. The van der Waals surface area contributed by atoms with Crippen molar-refractivity contribution in [2.45, 2.75) is 18.0 Å². The predicted octanol–water partition coefficient (Wildman–Crippen LogP) is 0.288. The zero-order chi connectivity index (χ0) is 12.5. The quantitative estimate of drug-likeness (QED) is 0.658.